The zero-order valence-electron chi connectivity index (χ0n) is 14.9. The van der Waals surface area contributed by atoms with E-state index in [1.165, 1.54) is 0 Å². The Morgan fingerprint density at radius 3 is 2.77 bits per heavy atom. The molecule has 1 aliphatic rings. The van der Waals surface area contributed by atoms with Gasteiger partial charge >= 0.3 is 0 Å². The monoisotopic (exact) mass is 354 g/mol. The van der Waals surface area contributed by atoms with Crippen molar-refractivity contribution < 1.29 is 19.1 Å². The smallest absolute Gasteiger partial charge is 0.253 e. The second kappa shape index (κ2) is 8.01. The van der Waals surface area contributed by atoms with Crippen LogP contribution in [0.15, 0.2) is 48.5 Å². The molecule has 0 spiro atoms. The maximum absolute atomic E-state index is 12.2. The Bertz CT molecular complexity index is 789. The number of rotatable bonds is 5. The van der Waals surface area contributed by atoms with Gasteiger partial charge in [0.05, 0.1) is 19.8 Å². The van der Waals surface area contributed by atoms with E-state index in [2.05, 4.69) is 5.32 Å². The fraction of sp³-hybridized carbons (Fsp3) is 0.300. The summed E-state index contributed by atoms with van der Waals surface area (Å²) in [5.41, 5.74) is 2.46. The number of hydrogen-bond acceptors (Lipinski definition) is 4. The predicted molar refractivity (Wildman–Crippen MR) is 98.6 cm³/mol. The lowest BCUT2D eigenvalue weighted by Crippen LogP contribution is -2.50. The average Bonchev–Trinajstić information content (AvgIpc) is 2.67. The van der Waals surface area contributed by atoms with Gasteiger partial charge in [0.25, 0.3) is 11.8 Å². The Balaban J connectivity index is 1.61. The minimum atomic E-state index is -0.270. The van der Waals surface area contributed by atoms with E-state index in [4.69, 9.17) is 9.47 Å². The van der Waals surface area contributed by atoms with Crippen molar-refractivity contribution in [2.24, 2.45) is 0 Å². The molecule has 3 rings (SSSR count). The molecule has 6 heteroatoms. The van der Waals surface area contributed by atoms with Gasteiger partial charge in [0, 0.05) is 23.9 Å². The Morgan fingerprint density at radius 1 is 1.27 bits per heavy atom. The van der Waals surface area contributed by atoms with Crippen LogP contribution < -0.4 is 15.0 Å². The van der Waals surface area contributed by atoms with E-state index in [1.807, 2.05) is 43.3 Å². The van der Waals surface area contributed by atoms with Crippen LogP contribution in [0.3, 0.4) is 0 Å². The molecule has 1 atom stereocenters. The molecule has 1 fully saturated rings. The van der Waals surface area contributed by atoms with E-state index in [-0.39, 0.29) is 24.5 Å². The minimum absolute atomic E-state index is 0.0116. The summed E-state index contributed by atoms with van der Waals surface area (Å²) in [7, 11) is 1.59. The Labute approximate surface area is 152 Å². The maximum Gasteiger partial charge on any atom is 0.253 e. The van der Waals surface area contributed by atoms with Gasteiger partial charge in [-0.1, -0.05) is 23.8 Å². The van der Waals surface area contributed by atoms with Crippen molar-refractivity contribution in [3.8, 4) is 5.75 Å². The van der Waals surface area contributed by atoms with Crippen LogP contribution >= 0.6 is 0 Å². The summed E-state index contributed by atoms with van der Waals surface area (Å²) in [6, 6.07) is 14.7. The van der Waals surface area contributed by atoms with Crippen LogP contribution in [0, 0.1) is 6.92 Å². The third kappa shape index (κ3) is 4.21. The molecular weight excluding hydrogens is 332 g/mol. The summed E-state index contributed by atoms with van der Waals surface area (Å²) in [5, 5.41) is 2.87. The highest BCUT2D eigenvalue weighted by Crippen LogP contribution is 2.23. The maximum atomic E-state index is 12.2. The normalized spacial score (nSPS) is 17.1. The summed E-state index contributed by atoms with van der Waals surface area (Å²) in [5.74, 6) is 0.420. The van der Waals surface area contributed by atoms with Crippen molar-refractivity contribution in [1.82, 2.24) is 5.32 Å². The van der Waals surface area contributed by atoms with Crippen LogP contribution in [-0.4, -0.2) is 44.7 Å². The second-order valence-corrected chi connectivity index (χ2v) is 6.21. The number of nitrogens with zero attached hydrogens (tertiary/aromatic N) is 1. The van der Waals surface area contributed by atoms with Crippen LogP contribution in [0.4, 0.5) is 5.69 Å². The molecule has 1 saturated heterocycles. The van der Waals surface area contributed by atoms with Crippen LogP contribution in [0.2, 0.25) is 0 Å². The molecule has 2 aromatic rings. The molecule has 136 valence electrons. The number of amides is 2. The van der Waals surface area contributed by atoms with Crippen molar-refractivity contribution in [3.05, 3.63) is 59.7 Å². The predicted octanol–water partition coefficient (Wildman–Crippen LogP) is 2.17. The van der Waals surface area contributed by atoms with Crippen LogP contribution in [0.5, 0.6) is 5.75 Å². The molecule has 1 N–H and O–H groups in total. The summed E-state index contributed by atoms with van der Waals surface area (Å²) in [4.78, 5) is 26.1. The van der Waals surface area contributed by atoms with E-state index in [0.29, 0.717) is 24.4 Å². The lowest BCUT2D eigenvalue weighted by Gasteiger charge is -2.33. The molecule has 1 unspecified atom stereocenters. The molecule has 0 aliphatic carbocycles. The number of benzene rings is 2. The number of hydrogen-bond donors (Lipinski definition) is 1. The van der Waals surface area contributed by atoms with Gasteiger partial charge in [-0.15, -0.1) is 0 Å². The molecular formula is C20H22N2O4. The highest BCUT2D eigenvalue weighted by molar-refractivity contribution is 5.95. The van der Waals surface area contributed by atoms with Crippen molar-refractivity contribution in [3.63, 3.8) is 0 Å². The first kappa shape index (κ1) is 17.9. The van der Waals surface area contributed by atoms with Crippen LogP contribution in [0.25, 0.3) is 0 Å². The fourth-order valence-electron chi connectivity index (χ4n) is 2.79. The number of morpholine rings is 1. The van der Waals surface area contributed by atoms with Crippen molar-refractivity contribution in [1.29, 1.82) is 0 Å². The number of carbonyl (C=O) groups excluding carboxylic acids is 2. The first-order chi connectivity index (χ1) is 12.6. The zero-order chi connectivity index (χ0) is 18.5. The van der Waals surface area contributed by atoms with Crippen molar-refractivity contribution in [2.75, 3.05) is 31.7 Å². The lowest BCUT2D eigenvalue weighted by atomic mass is 10.1. The molecule has 0 aromatic heterocycles. The summed E-state index contributed by atoms with van der Waals surface area (Å²) >= 11 is 0. The van der Waals surface area contributed by atoms with Gasteiger partial charge in [0.15, 0.2) is 0 Å². The number of nitrogens with one attached hydrogen (secondary N) is 1. The Hall–Kier alpha value is -2.86. The lowest BCUT2D eigenvalue weighted by molar-refractivity contribution is -0.129. The first-order valence-corrected chi connectivity index (χ1v) is 8.47. The topological polar surface area (TPSA) is 67.9 Å². The molecule has 0 bridgehead atoms. The first-order valence-electron chi connectivity index (χ1n) is 8.47. The Morgan fingerprint density at radius 2 is 2.04 bits per heavy atom. The molecule has 26 heavy (non-hydrogen) atoms. The molecule has 6 nitrogen and oxygen atoms in total. The summed E-state index contributed by atoms with van der Waals surface area (Å²) in [6.07, 6.45) is -0.270. The fourth-order valence-corrected chi connectivity index (χ4v) is 2.79. The molecule has 1 aliphatic heterocycles. The van der Waals surface area contributed by atoms with Gasteiger partial charge in [-0.05, 0) is 31.2 Å². The number of aryl methyl sites for hydroxylation is 1. The molecule has 2 amide bonds. The van der Waals surface area contributed by atoms with E-state index >= 15 is 0 Å². The highest BCUT2D eigenvalue weighted by Gasteiger charge is 2.28. The Kier molecular flexibility index (Phi) is 5.53. The largest absolute Gasteiger partial charge is 0.497 e. The van der Waals surface area contributed by atoms with E-state index < -0.39 is 0 Å². The summed E-state index contributed by atoms with van der Waals surface area (Å²) in [6.45, 7) is 2.67. The van der Waals surface area contributed by atoms with Gasteiger partial charge in [-0.25, -0.2) is 0 Å². The van der Waals surface area contributed by atoms with Gasteiger partial charge in [0.2, 0.25) is 0 Å². The number of anilines is 1. The minimum Gasteiger partial charge on any atom is -0.497 e. The van der Waals surface area contributed by atoms with Gasteiger partial charge in [-0.3, -0.25) is 9.59 Å². The highest BCUT2D eigenvalue weighted by atomic mass is 16.5. The second-order valence-electron chi connectivity index (χ2n) is 6.21. The quantitative estimate of drug-likeness (QED) is 0.894. The molecule has 2 aromatic carbocycles. The molecule has 0 saturated carbocycles. The van der Waals surface area contributed by atoms with E-state index in [9.17, 15) is 9.59 Å². The molecule has 0 radical (unpaired) electrons. The van der Waals surface area contributed by atoms with Gasteiger partial charge in [-0.2, -0.15) is 0 Å². The number of ether oxygens (including phenoxy) is 2. The van der Waals surface area contributed by atoms with E-state index in [0.717, 1.165) is 11.3 Å². The van der Waals surface area contributed by atoms with Crippen molar-refractivity contribution >= 4 is 17.5 Å². The molecule has 1 heterocycles. The van der Waals surface area contributed by atoms with Crippen molar-refractivity contribution in [2.45, 2.75) is 13.0 Å². The van der Waals surface area contributed by atoms with Gasteiger partial charge < -0.3 is 19.7 Å². The summed E-state index contributed by atoms with van der Waals surface area (Å²) < 4.78 is 10.8. The third-order valence-corrected chi connectivity index (χ3v) is 4.30. The third-order valence-electron chi connectivity index (χ3n) is 4.30. The van der Waals surface area contributed by atoms with E-state index in [1.54, 1.807) is 24.1 Å². The zero-order valence-corrected chi connectivity index (χ0v) is 14.9. The number of methoxy groups -OCH3 is 1. The van der Waals surface area contributed by atoms with Crippen LogP contribution in [-0.2, 0) is 9.53 Å². The SMILES string of the molecule is COc1cccc(N2CC(CNC(=O)c3ccc(C)cc3)OCC2=O)c1. The van der Waals surface area contributed by atoms with Crippen LogP contribution in [0.1, 0.15) is 15.9 Å². The standard InChI is InChI=1S/C20H22N2O4/c1-14-6-8-15(9-7-14)20(24)21-11-18-12-22(19(23)13-26-18)16-4-3-5-17(10-16)25-2/h3-10,18H,11-13H2,1-2H3,(H,21,24). The number of carbonyl (C=O) groups is 2. The average molecular weight is 354 g/mol. The van der Waals surface area contributed by atoms with Gasteiger partial charge in [0.1, 0.15) is 12.4 Å².